The first-order valence-corrected chi connectivity index (χ1v) is 18.0. The van der Waals surface area contributed by atoms with E-state index in [0.29, 0.717) is 0 Å². The molecule has 0 amide bonds. The fourth-order valence-electron chi connectivity index (χ4n) is 5.38. The zero-order valence-electron chi connectivity index (χ0n) is 29.8. The zero-order valence-corrected chi connectivity index (χ0v) is 30.6. The smallest absolute Gasteiger partial charge is 0.485 e. The molecule has 0 spiro atoms. The minimum atomic E-state index is -6.09. The highest BCUT2D eigenvalue weighted by Gasteiger charge is 2.37. The number of rotatable bonds is 12. The number of allylic oxidation sites excluding steroid dienone is 9. The second-order valence-electron chi connectivity index (χ2n) is 11.1. The second-order valence-corrected chi connectivity index (χ2v) is 12.5. The van der Waals surface area contributed by atoms with Crippen LogP contribution in [0.5, 0.6) is 11.5 Å². The topological polar surface area (TPSA) is 81.9 Å². The number of nitrogens with zero attached hydrogens (tertiary/aromatic N) is 2. The number of anilines is 1. The second kappa shape index (κ2) is 18.9. The highest BCUT2D eigenvalue weighted by Crippen LogP contribution is 2.30. The average molecular weight is 723 g/mol. The summed E-state index contributed by atoms with van der Waals surface area (Å²) in [5, 5.41) is 0. The van der Waals surface area contributed by atoms with Crippen molar-refractivity contribution in [1.29, 1.82) is 0 Å². The molecule has 0 bridgehead atoms. The van der Waals surface area contributed by atoms with E-state index < -0.39 is 15.6 Å². The van der Waals surface area contributed by atoms with Crippen molar-refractivity contribution >= 4 is 32.7 Å². The van der Waals surface area contributed by atoms with Gasteiger partial charge in [0.05, 0.1) is 14.2 Å². The largest absolute Gasteiger partial charge is 0.741 e. The molecule has 0 heterocycles. The van der Waals surface area contributed by atoms with E-state index in [4.69, 9.17) is 22.4 Å². The van der Waals surface area contributed by atoms with Crippen molar-refractivity contribution in [3.8, 4) is 11.5 Å². The Kier molecular flexibility index (Phi) is 15.1. The van der Waals surface area contributed by atoms with Gasteiger partial charge in [-0.25, -0.2) is 13.0 Å². The van der Waals surface area contributed by atoms with Gasteiger partial charge in [0.15, 0.2) is 15.8 Å². The van der Waals surface area contributed by atoms with Crippen LogP contribution in [0.1, 0.15) is 44.4 Å². The van der Waals surface area contributed by atoms with Crippen LogP contribution in [-0.4, -0.2) is 69.2 Å². The van der Waals surface area contributed by atoms with Gasteiger partial charge in [0, 0.05) is 30.9 Å². The van der Waals surface area contributed by atoms with Crippen molar-refractivity contribution in [1.82, 2.24) is 0 Å². The van der Waals surface area contributed by atoms with Crippen LogP contribution in [0.15, 0.2) is 121 Å². The van der Waals surface area contributed by atoms with E-state index in [1.165, 1.54) is 22.5 Å². The minimum absolute atomic E-state index is 0.846. The molecule has 0 unspecified atom stereocenters. The van der Waals surface area contributed by atoms with Crippen molar-refractivity contribution < 1.29 is 40.2 Å². The monoisotopic (exact) mass is 722 g/mol. The number of benzene rings is 3. The Balaban J connectivity index is 0.000000783. The molecule has 0 saturated carbocycles. The lowest BCUT2D eigenvalue weighted by Crippen LogP contribution is -2.21. The number of methoxy groups -OCH3 is 2. The Morgan fingerprint density at radius 3 is 1.57 bits per heavy atom. The summed E-state index contributed by atoms with van der Waals surface area (Å²) in [4.78, 5) is 2.36. The lowest BCUT2D eigenvalue weighted by Gasteiger charge is -2.21. The number of alkyl halides is 3. The molecule has 11 heteroatoms. The van der Waals surface area contributed by atoms with Crippen molar-refractivity contribution in [2.24, 2.45) is 0 Å². The van der Waals surface area contributed by atoms with E-state index in [0.717, 1.165) is 60.0 Å². The van der Waals surface area contributed by atoms with Gasteiger partial charge in [0.1, 0.15) is 24.6 Å². The van der Waals surface area contributed by atoms with Crippen molar-refractivity contribution in [3.05, 3.63) is 138 Å². The summed E-state index contributed by atoms with van der Waals surface area (Å²) in [6.07, 6.45) is 15.5. The van der Waals surface area contributed by atoms with Gasteiger partial charge in [-0.15, -0.1) is 0 Å². The Labute approximate surface area is 299 Å². The van der Waals surface area contributed by atoms with Gasteiger partial charge in [0.2, 0.25) is 0 Å². The van der Waals surface area contributed by atoms with Crippen LogP contribution in [0, 0.1) is 0 Å². The standard InChI is InChI=1S/C39H45N2O2.CHF3O3S/c1-7-40(8-2)34-22-14-30(15-23-34)38(32-18-26-36(42-5)27-19-32)12-11-13-39(33-20-28-37(43-6)29-21-33)31-16-24-35(25-17-31)41(9-3)10-4;2-1(3,4)8(5,6)7/h11-29H,7-10H2,1-6H3;(H,5,6,7)/q+1;/p-1. The fourth-order valence-corrected chi connectivity index (χ4v) is 5.38. The van der Waals surface area contributed by atoms with Crippen LogP contribution < -0.4 is 14.4 Å². The maximum Gasteiger partial charge on any atom is 0.485 e. The van der Waals surface area contributed by atoms with E-state index in [1.807, 2.05) is 24.3 Å². The van der Waals surface area contributed by atoms with Gasteiger partial charge in [-0.3, -0.25) is 0 Å². The molecular formula is C40H45F3N2O5S. The van der Waals surface area contributed by atoms with Gasteiger partial charge >= 0.3 is 5.51 Å². The summed E-state index contributed by atoms with van der Waals surface area (Å²) in [5.41, 5.74) is 3.73. The molecule has 1 aliphatic rings. The first-order chi connectivity index (χ1) is 24.3. The van der Waals surface area contributed by atoms with Crippen LogP contribution in [0.4, 0.5) is 18.9 Å². The van der Waals surface area contributed by atoms with Crippen LogP contribution >= 0.6 is 0 Å². The summed E-state index contributed by atoms with van der Waals surface area (Å²) < 4.78 is 72.1. The lowest BCUT2D eigenvalue weighted by molar-refractivity contribution is -0.519. The molecule has 272 valence electrons. The Morgan fingerprint density at radius 2 is 1.18 bits per heavy atom. The predicted octanol–water partition coefficient (Wildman–Crippen LogP) is 8.66. The molecule has 7 nitrogen and oxygen atoms in total. The molecule has 0 aromatic heterocycles. The number of halogens is 3. The van der Waals surface area contributed by atoms with E-state index in [9.17, 15) is 13.2 Å². The molecule has 3 aromatic rings. The maximum atomic E-state index is 10.7. The zero-order chi connectivity index (χ0) is 37.6. The first kappa shape index (κ1) is 40.6. The van der Waals surface area contributed by atoms with Crippen molar-refractivity contribution in [3.63, 3.8) is 0 Å². The number of ether oxygens (including phenoxy) is 2. The normalized spacial score (nSPS) is 13.2. The molecular weight excluding hydrogens is 678 g/mol. The molecule has 0 saturated heterocycles. The van der Waals surface area contributed by atoms with Crippen molar-refractivity contribution in [2.75, 3.05) is 45.3 Å². The van der Waals surface area contributed by atoms with E-state index in [1.54, 1.807) is 14.2 Å². The van der Waals surface area contributed by atoms with Crippen LogP contribution in [0.3, 0.4) is 0 Å². The molecule has 0 fully saturated rings. The SMILES string of the molecule is CCN(CC)c1ccc(C(=C/C=C/C(=C2C=CC(=[N+](CC)CC)C=C2)c2ccc(OC)cc2)c2ccc(OC)cc2)cc1.O=S(=O)([O-])C(F)(F)F. The Hall–Kier alpha value is -4.87. The van der Waals surface area contributed by atoms with Crippen LogP contribution in [-0.2, 0) is 10.1 Å². The Morgan fingerprint density at radius 1 is 0.745 bits per heavy atom. The van der Waals surface area contributed by atoms with Gasteiger partial charge in [-0.05, 0) is 110 Å². The third-order valence-electron chi connectivity index (χ3n) is 8.23. The predicted molar refractivity (Wildman–Crippen MR) is 200 cm³/mol. The molecule has 1 aliphatic carbocycles. The number of hydrogen-bond acceptors (Lipinski definition) is 6. The van der Waals surface area contributed by atoms with Gasteiger partial charge in [-0.1, -0.05) is 54.6 Å². The molecule has 4 rings (SSSR count). The summed E-state index contributed by atoms with van der Waals surface area (Å²) in [7, 11) is -2.69. The van der Waals surface area contributed by atoms with Gasteiger partial charge < -0.3 is 18.9 Å². The van der Waals surface area contributed by atoms with Gasteiger partial charge in [0.25, 0.3) is 0 Å². The summed E-state index contributed by atoms with van der Waals surface area (Å²) in [5.74, 6) is 1.69. The van der Waals surface area contributed by atoms with E-state index in [2.05, 4.69) is 128 Å². The summed E-state index contributed by atoms with van der Waals surface area (Å²) >= 11 is 0. The maximum absolute atomic E-state index is 10.7. The minimum Gasteiger partial charge on any atom is -0.741 e. The van der Waals surface area contributed by atoms with Crippen molar-refractivity contribution in [2.45, 2.75) is 33.2 Å². The highest BCUT2D eigenvalue weighted by molar-refractivity contribution is 7.86. The molecule has 3 aromatic carbocycles. The Bertz CT molecular complexity index is 1860. The molecule has 0 N–H and O–H groups in total. The van der Waals surface area contributed by atoms with Crippen LogP contribution in [0.2, 0.25) is 0 Å². The molecule has 51 heavy (non-hydrogen) atoms. The third kappa shape index (κ3) is 11.3. The lowest BCUT2D eigenvalue weighted by atomic mass is 9.94. The molecule has 0 aliphatic heterocycles. The molecule has 0 radical (unpaired) electrons. The first-order valence-electron chi connectivity index (χ1n) is 16.6. The summed E-state index contributed by atoms with van der Waals surface area (Å²) in [6, 6.07) is 25.4. The van der Waals surface area contributed by atoms with Crippen LogP contribution in [0.25, 0.3) is 11.1 Å². The molecule has 0 atom stereocenters. The number of hydrogen-bond donors (Lipinski definition) is 0. The quantitative estimate of drug-likeness (QED) is 0.0806. The third-order valence-corrected chi connectivity index (χ3v) is 8.79. The van der Waals surface area contributed by atoms with Gasteiger partial charge in [-0.2, -0.15) is 13.2 Å². The summed E-state index contributed by atoms with van der Waals surface area (Å²) in [6.45, 7) is 12.7. The average Bonchev–Trinajstić information content (AvgIpc) is 3.13. The van der Waals surface area contributed by atoms with E-state index >= 15 is 0 Å². The fraction of sp³-hybridized carbons (Fsp3) is 0.275. The van der Waals surface area contributed by atoms with E-state index in [-0.39, 0.29) is 0 Å². The highest BCUT2D eigenvalue weighted by atomic mass is 32.2.